The van der Waals surface area contributed by atoms with E-state index in [9.17, 15) is 0 Å². The number of isocyanates is 2. The van der Waals surface area contributed by atoms with Crippen molar-refractivity contribution >= 4 is 12.2 Å². The van der Waals surface area contributed by atoms with Gasteiger partial charge in [-0.15, -0.1) is 0 Å². The summed E-state index contributed by atoms with van der Waals surface area (Å²) in [6, 6.07) is 22.9. The number of nitrogens with zero attached hydrogens (tertiary/aromatic N) is 6. The van der Waals surface area contributed by atoms with Crippen LogP contribution in [0, 0.1) is 0 Å². The molecule has 158 valence electrons. The van der Waals surface area contributed by atoms with Crippen LogP contribution in [-0.4, -0.2) is 32.1 Å². The van der Waals surface area contributed by atoms with Crippen LogP contribution in [0.1, 0.15) is 0 Å². The zero-order valence-electron chi connectivity index (χ0n) is 16.4. The van der Waals surface area contributed by atoms with Gasteiger partial charge >= 0.3 is 17.1 Å². The molecule has 31 heavy (non-hydrogen) atoms. The van der Waals surface area contributed by atoms with Gasteiger partial charge in [0, 0.05) is 49.6 Å². The number of hydrogen-bond donors (Lipinski definition) is 0. The van der Waals surface area contributed by atoms with Crippen molar-refractivity contribution in [2.75, 3.05) is 0 Å². The van der Waals surface area contributed by atoms with Gasteiger partial charge in [0.2, 0.25) is 0 Å². The van der Waals surface area contributed by atoms with Gasteiger partial charge in [-0.05, 0) is 60.7 Å². The predicted octanol–water partition coefficient (Wildman–Crippen LogP) is 4.11. The maximum absolute atomic E-state index is 8.24. The molecule has 0 aliphatic rings. The summed E-state index contributed by atoms with van der Waals surface area (Å²) >= 11 is 0. The fourth-order valence-corrected chi connectivity index (χ4v) is 1.25. The van der Waals surface area contributed by atoms with Crippen molar-refractivity contribution < 1.29 is 26.7 Å². The first kappa shape index (κ1) is 31.6. The minimum Gasteiger partial charge on any atom is -0.724 e. The molecule has 4 heterocycles. The van der Waals surface area contributed by atoms with E-state index in [-0.39, 0.29) is 17.1 Å². The van der Waals surface area contributed by atoms with E-state index in [1.165, 1.54) is 0 Å². The monoisotopic (exact) mass is 456 g/mol. The Labute approximate surface area is 192 Å². The van der Waals surface area contributed by atoms with Crippen molar-refractivity contribution in [1.82, 2.24) is 19.9 Å². The van der Waals surface area contributed by atoms with Gasteiger partial charge in [0.25, 0.3) is 0 Å². The molecular weight excluding hydrogens is 436 g/mol. The van der Waals surface area contributed by atoms with Crippen LogP contribution in [0.15, 0.2) is 122 Å². The summed E-state index contributed by atoms with van der Waals surface area (Å²) in [6.45, 7) is 0. The number of aromatic nitrogens is 4. The van der Waals surface area contributed by atoms with Crippen LogP contribution in [0.2, 0.25) is 0 Å². The van der Waals surface area contributed by atoms with Gasteiger partial charge in [-0.1, -0.05) is 24.3 Å². The summed E-state index contributed by atoms with van der Waals surface area (Å²) in [5.41, 5.74) is 0. The average Bonchev–Trinajstić information content (AvgIpc) is 2.86. The molecular formula is C22H20FeN6O2. The van der Waals surface area contributed by atoms with Crippen LogP contribution in [-0.2, 0) is 26.7 Å². The first-order valence-electron chi connectivity index (χ1n) is 8.25. The van der Waals surface area contributed by atoms with Crippen molar-refractivity contribution in [3.05, 3.63) is 133 Å². The maximum Gasteiger partial charge on any atom is 2.00 e. The maximum atomic E-state index is 8.24. The molecule has 0 unspecified atom stereocenters. The van der Waals surface area contributed by atoms with E-state index >= 15 is 0 Å². The molecule has 8 nitrogen and oxygen atoms in total. The quantitative estimate of drug-likeness (QED) is 0.222. The normalized spacial score (nSPS) is 6.71. The molecule has 0 bridgehead atoms. The van der Waals surface area contributed by atoms with E-state index in [0.29, 0.717) is 12.2 Å². The van der Waals surface area contributed by atoms with Crippen LogP contribution in [0.4, 0.5) is 0 Å². The van der Waals surface area contributed by atoms with E-state index in [1.54, 1.807) is 49.6 Å². The van der Waals surface area contributed by atoms with E-state index in [4.69, 9.17) is 20.4 Å². The van der Waals surface area contributed by atoms with Crippen LogP contribution < -0.4 is 0 Å². The summed E-state index contributed by atoms with van der Waals surface area (Å²) in [6.07, 6.45) is 15.0. The molecule has 0 atom stereocenters. The molecule has 0 amide bonds. The van der Waals surface area contributed by atoms with Gasteiger partial charge in [-0.3, -0.25) is 29.5 Å². The number of carbonyl (C=O) groups excluding carboxylic acids is 2. The van der Waals surface area contributed by atoms with Gasteiger partial charge in [0.15, 0.2) is 0 Å². The largest absolute Gasteiger partial charge is 2.00 e. The van der Waals surface area contributed by atoms with Crippen LogP contribution in [0.5, 0.6) is 0 Å². The van der Waals surface area contributed by atoms with Crippen LogP contribution >= 0.6 is 0 Å². The number of pyridine rings is 4. The standard InChI is InChI=1S/4C5H5N.2CNO.Fe/c4*1-2-4-6-5-3-1;2*2-1-3;/h4*1-5H;;;/q;;;;2*-1;+2. The SMILES string of the molecule is [Fe+2].[N-]=C=O.[N-]=C=O.c1ccncc1.c1ccncc1.c1ccncc1.c1ccncc1. The molecule has 0 spiro atoms. The first-order valence-corrected chi connectivity index (χ1v) is 8.25. The third-order valence-corrected chi connectivity index (χ3v) is 2.27. The first-order chi connectivity index (χ1) is 14.8. The molecule has 0 saturated heterocycles. The molecule has 4 aromatic rings. The second-order valence-electron chi connectivity index (χ2n) is 4.28. The summed E-state index contributed by atoms with van der Waals surface area (Å²) in [5.74, 6) is 0. The molecule has 4 aromatic heterocycles. The molecule has 0 aliphatic carbocycles. The molecule has 0 radical (unpaired) electrons. The zero-order chi connectivity index (χ0) is 22.4. The Balaban J connectivity index is -0.000000309. The summed E-state index contributed by atoms with van der Waals surface area (Å²) < 4.78 is 0. The Hall–Kier alpha value is -4.12. The van der Waals surface area contributed by atoms with Crippen molar-refractivity contribution in [2.24, 2.45) is 0 Å². The fraction of sp³-hybridized carbons (Fsp3) is 0. The molecule has 9 heteroatoms. The van der Waals surface area contributed by atoms with E-state index in [1.807, 2.05) is 72.8 Å². The third-order valence-electron chi connectivity index (χ3n) is 2.27. The summed E-state index contributed by atoms with van der Waals surface area (Å²) in [7, 11) is 0. The van der Waals surface area contributed by atoms with Gasteiger partial charge in [0.1, 0.15) is 0 Å². The van der Waals surface area contributed by atoms with Gasteiger partial charge < -0.3 is 10.8 Å². The van der Waals surface area contributed by atoms with Gasteiger partial charge in [-0.2, -0.15) is 0 Å². The molecule has 0 aliphatic heterocycles. The van der Waals surface area contributed by atoms with Crippen LogP contribution in [0.25, 0.3) is 10.8 Å². The minimum atomic E-state index is 0. The number of rotatable bonds is 0. The topological polar surface area (TPSA) is 130 Å². The van der Waals surface area contributed by atoms with E-state index in [0.717, 1.165) is 0 Å². The van der Waals surface area contributed by atoms with Crippen molar-refractivity contribution in [3.63, 3.8) is 0 Å². The van der Waals surface area contributed by atoms with Crippen molar-refractivity contribution in [1.29, 1.82) is 0 Å². The fourth-order valence-electron chi connectivity index (χ4n) is 1.25. The van der Waals surface area contributed by atoms with Gasteiger partial charge in [0.05, 0.1) is 0 Å². The Bertz CT molecular complexity index is 601. The van der Waals surface area contributed by atoms with E-state index < -0.39 is 0 Å². The molecule has 0 aromatic carbocycles. The Morgan fingerprint density at radius 3 is 0.548 bits per heavy atom. The van der Waals surface area contributed by atoms with Crippen LogP contribution in [0.3, 0.4) is 0 Å². The third kappa shape index (κ3) is 37.3. The minimum absolute atomic E-state index is 0. The van der Waals surface area contributed by atoms with E-state index in [2.05, 4.69) is 19.9 Å². The molecule has 0 saturated carbocycles. The zero-order valence-corrected chi connectivity index (χ0v) is 17.5. The smallest absolute Gasteiger partial charge is 0.724 e. The molecule has 0 fully saturated rings. The van der Waals surface area contributed by atoms with Crippen molar-refractivity contribution in [3.8, 4) is 0 Å². The summed E-state index contributed by atoms with van der Waals surface area (Å²) in [5, 5.41) is 13.5. The Morgan fingerprint density at radius 2 is 0.516 bits per heavy atom. The number of hydrogen-bond acceptors (Lipinski definition) is 6. The van der Waals surface area contributed by atoms with Crippen molar-refractivity contribution in [2.45, 2.75) is 0 Å². The Kier molecular flexibility index (Phi) is 34.1. The Morgan fingerprint density at radius 1 is 0.387 bits per heavy atom. The summed E-state index contributed by atoms with van der Waals surface area (Å²) in [4.78, 5) is 31.6. The second kappa shape index (κ2) is 33.5. The molecule has 0 N–H and O–H groups in total. The van der Waals surface area contributed by atoms with Gasteiger partial charge in [-0.25, -0.2) is 0 Å². The average molecular weight is 456 g/mol. The molecule has 4 rings (SSSR count). The second-order valence-corrected chi connectivity index (χ2v) is 4.28. The predicted molar refractivity (Wildman–Crippen MR) is 115 cm³/mol.